The first-order valence-electron chi connectivity index (χ1n) is 9.23. The van der Waals surface area contributed by atoms with Crippen LogP contribution in [0.5, 0.6) is 11.5 Å². The van der Waals surface area contributed by atoms with Crippen molar-refractivity contribution in [3.8, 4) is 11.5 Å². The van der Waals surface area contributed by atoms with Gasteiger partial charge in [0.2, 0.25) is 11.8 Å². The van der Waals surface area contributed by atoms with E-state index in [9.17, 15) is 14.4 Å². The zero-order chi connectivity index (χ0) is 20.8. The molecule has 0 bridgehead atoms. The molecule has 152 valence electrons. The average Bonchev–Trinajstić information content (AvgIpc) is 2.71. The van der Waals surface area contributed by atoms with Gasteiger partial charge in [-0.05, 0) is 24.6 Å². The zero-order valence-corrected chi connectivity index (χ0v) is 16.3. The fourth-order valence-corrected chi connectivity index (χ4v) is 2.81. The second kappa shape index (κ2) is 9.09. The predicted octanol–water partition coefficient (Wildman–Crippen LogP) is 1.70. The molecule has 3 N–H and O–H groups in total. The van der Waals surface area contributed by atoms with E-state index >= 15 is 0 Å². The molecular weight excluding hydrogens is 374 g/mol. The van der Waals surface area contributed by atoms with Crippen LogP contribution < -0.4 is 25.4 Å². The van der Waals surface area contributed by atoms with Gasteiger partial charge in [0, 0.05) is 18.7 Å². The summed E-state index contributed by atoms with van der Waals surface area (Å²) in [6.07, 6.45) is 0. The van der Waals surface area contributed by atoms with Crippen molar-refractivity contribution in [2.45, 2.75) is 19.9 Å². The summed E-state index contributed by atoms with van der Waals surface area (Å²) in [6, 6.07) is 11.5. The maximum atomic E-state index is 13.0. The van der Waals surface area contributed by atoms with Gasteiger partial charge in [0.25, 0.3) is 5.91 Å². The number of ether oxygens (including phenoxy) is 2. The van der Waals surface area contributed by atoms with Gasteiger partial charge in [-0.15, -0.1) is 0 Å². The minimum atomic E-state index is -0.926. The van der Waals surface area contributed by atoms with Gasteiger partial charge in [-0.2, -0.15) is 0 Å². The number of carbonyl (C=O) groups is 3. The van der Waals surface area contributed by atoms with Crippen molar-refractivity contribution in [2.24, 2.45) is 0 Å². The summed E-state index contributed by atoms with van der Waals surface area (Å²) in [4.78, 5) is 36.2. The van der Waals surface area contributed by atoms with Crippen LogP contribution in [0.2, 0.25) is 0 Å². The largest absolute Gasteiger partial charge is 0.486 e. The summed E-state index contributed by atoms with van der Waals surface area (Å²) in [5, 5.41) is 7.89. The maximum absolute atomic E-state index is 13.0. The van der Waals surface area contributed by atoms with E-state index in [4.69, 9.17) is 9.47 Å². The molecule has 2 aromatic carbocycles. The van der Waals surface area contributed by atoms with Gasteiger partial charge in [0.05, 0.1) is 6.54 Å². The molecule has 1 aliphatic heterocycles. The first-order valence-corrected chi connectivity index (χ1v) is 9.23. The van der Waals surface area contributed by atoms with E-state index in [-0.39, 0.29) is 12.5 Å². The van der Waals surface area contributed by atoms with Crippen molar-refractivity contribution in [3.63, 3.8) is 0 Å². The van der Waals surface area contributed by atoms with Crippen molar-refractivity contribution < 1.29 is 23.9 Å². The zero-order valence-electron chi connectivity index (χ0n) is 16.3. The number of hydrogen-bond acceptors (Lipinski definition) is 5. The third-order valence-electron chi connectivity index (χ3n) is 4.29. The smallest absolute Gasteiger partial charge is 0.251 e. The lowest BCUT2D eigenvalue weighted by Crippen LogP contribution is -2.42. The van der Waals surface area contributed by atoms with Crippen molar-refractivity contribution in [1.29, 1.82) is 0 Å². The minimum Gasteiger partial charge on any atom is -0.486 e. The molecule has 8 nitrogen and oxygen atoms in total. The summed E-state index contributed by atoms with van der Waals surface area (Å²) < 4.78 is 11.0. The highest BCUT2D eigenvalue weighted by Crippen LogP contribution is 2.32. The lowest BCUT2D eigenvalue weighted by molar-refractivity contribution is -0.127. The highest BCUT2D eigenvalue weighted by atomic mass is 16.6. The summed E-state index contributed by atoms with van der Waals surface area (Å²) >= 11 is 0. The maximum Gasteiger partial charge on any atom is 0.251 e. The van der Waals surface area contributed by atoms with Crippen LogP contribution in [0.15, 0.2) is 42.5 Å². The molecule has 0 aliphatic carbocycles. The molecule has 0 saturated heterocycles. The summed E-state index contributed by atoms with van der Waals surface area (Å²) in [7, 11) is 0. The fraction of sp³-hybridized carbons (Fsp3) is 0.286. The van der Waals surface area contributed by atoms with E-state index in [0.717, 1.165) is 5.56 Å². The molecular formula is C21H23N3O5. The second-order valence-corrected chi connectivity index (χ2v) is 6.67. The molecule has 1 heterocycles. The Balaban J connectivity index is 1.77. The number of aryl methyl sites for hydroxylation is 1. The van der Waals surface area contributed by atoms with Crippen LogP contribution in [0.3, 0.4) is 0 Å². The molecule has 0 radical (unpaired) electrons. The number of amides is 3. The Bertz CT molecular complexity index is 911. The van der Waals surface area contributed by atoms with E-state index in [2.05, 4.69) is 16.0 Å². The molecule has 1 aliphatic rings. The van der Waals surface area contributed by atoms with Crippen LogP contribution in [0.1, 0.15) is 24.1 Å². The van der Waals surface area contributed by atoms with Crippen LogP contribution in [0, 0.1) is 6.92 Å². The Kier molecular flexibility index (Phi) is 6.33. The van der Waals surface area contributed by atoms with E-state index in [1.165, 1.54) is 6.92 Å². The van der Waals surface area contributed by atoms with Crippen molar-refractivity contribution >= 4 is 23.4 Å². The number of rotatable bonds is 6. The summed E-state index contributed by atoms with van der Waals surface area (Å²) in [5.41, 5.74) is 2.18. The van der Waals surface area contributed by atoms with Crippen LogP contribution in [0.25, 0.3) is 0 Å². The highest BCUT2D eigenvalue weighted by molar-refractivity contribution is 5.98. The number of fused-ring (bicyclic) bond motifs is 1. The monoisotopic (exact) mass is 397 g/mol. The Hall–Kier alpha value is -3.55. The first kappa shape index (κ1) is 20.2. The molecule has 29 heavy (non-hydrogen) atoms. The highest BCUT2D eigenvalue weighted by Gasteiger charge is 2.23. The average molecular weight is 397 g/mol. The van der Waals surface area contributed by atoms with Gasteiger partial charge in [0.15, 0.2) is 11.5 Å². The SMILES string of the molecule is CC(=O)NCC(=O)N[C@H](C(=O)Nc1ccc2c(c1)OCCO2)c1ccc(C)cc1. The van der Waals surface area contributed by atoms with Gasteiger partial charge in [-0.3, -0.25) is 14.4 Å². The van der Waals surface area contributed by atoms with Gasteiger partial charge in [-0.1, -0.05) is 29.8 Å². The van der Waals surface area contributed by atoms with E-state index in [0.29, 0.717) is 36.0 Å². The van der Waals surface area contributed by atoms with E-state index in [1.807, 2.05) is 19.1 Å². The summed E-state index contributed by atoms with van der Waals surface area (Å²) in [5.74, 6) is -0.0406. The molecule has 8 heteroatoms. The number of hydrogen-bond donors (Lipinski definition) is 3. The molecule has 2 aromatic rings. The number of nitrogens with one attached hydrogen (secondary N) is 3. The molecule has 0 spiro atoms. The van der Waals surface area contributed by atoms with Crippen LogP contribution in [-0.2, 0) is 14.4 Å². The Morgan fingerprint density at radius 3 is 2.38 bits per heavy atom. The minimum absolute atomic E-state index is 0.213. The van der Waals surface area contributed by atoms with Gasteiger partial charge < -0.3 is 25.4 Å². The lowest BCUT2D eigenvalue weighted by atomic mass is 10.0. The number of benzene rings is 2. The summed E-state index contributed by atoms with van der Waals surface area (Å²) in [6.45, 7) is 3.96. The normalized spacial score (nSPS) is 13.2. The molecule has 0 saturated carbocycles. The number of carbonyl (C=O) groups excluding carboxylic acids is 3. The van der Waals surface area contributed by atoms with Gasteiger partial charge in [0.1, 0.15) is 19.3 Å². The Morgan fingerprint density at radius 1 is 1.00 bits per heavy atom. The third kappa shape index (κ3) is 5.47. The Labute approximate surface area is 168 Å². The number of anilines is 1. The lowest BCUT2D eigenvalue weighted by Gasteiger charge is -2.21. The molecule has 0 aromatic heterocycles. The van der Waals surface area contributed by atoms with Crippen LogP contribution >= 0.6 is 0 Å². The van der Waals surface area contributed by atoms with Gasteiger partial charge >= 0.3 is 0 Å². The quantitative estimate of drug-likeness (QED) is 0.688. The topological polar surface area (TPSA) is 106 Å². The molecule has 0 unspecified atom stereocenters. The van der Waals surface area contributed by atoms with E-state index < -0.39 is 17.9 Å². The second-order valence-electron chi connectivity index (χ2n) is 6.67. The molecule has 0 fully saturated rings. The molecule has 3 amide bonds. The van der Waals surface area contributed by atoms with Crippen molar-refractivity contribution in [3.05, 3.63) is 53.6 Å². The first-order chi connectivity index (χ1) is 13.9. The van der Waals surface area contributed by atoms with Crippen molar-refractivity contribution in [2.75, 3.05) is 25.1 Å². The van der Waals surface area contributed by atoms with E-state index in [1.54, 1.807) is 30.3 Å². The van der Waals surface area contributed by atoms with Crippen LogP contribution in [0.4, 0.5) is 5.69 Å². The Morgan fingerprint density at radius 2 is 1.69 bits per heavy atom. The van der Waals surface area contributed by atoms with Gasteiger partial charge in [-0.25, -0.2) is 0 Å². The molecule has 3 rings (SSSR count). The third-order valence-corrected chi connectivity index (χ3v) is 4.29. The predicted molar refractivity (Wildman–Crippen MR) is 107 cm³/mol. The standard InChI is InChI=1S/C21H23N3O5/c1-13-3-5-15(6-4-13)20(24-19(26)12-22-14(2)25)21(27)23-16-7-8-17-18(11-16)29-10-9-28-17/h3-8,11,20H,9-10,12H2,1-2H3,(H,22,25)(H,23,27)(H,24,26)/t20-/m0/s1. The van der Waals surface area contributed by atoms with Crippen molar-refractivity contribution in [1.82, 2.24) is 10.6 Å². The van der Waals surface area contributed by atoms with Crippen LogP contribution in [-0.4, -0.2) is 37.5 Å². The fourth-order valence-electron chi connectivity index (χ4n) is 2.81. The molecule has 1 atom stereocenters.